The van der Waals surface area contributed by atoms with Gasteiger partial charge < -0.3 is 19.9 Å². The molecule has 0 radical (unpaired) electrons. The van der Waals surface area contributed by atoms with Gasteiger partial charge in [0.15, 0.2) is 0 Å². The number of aliphatic hydroxyl groups is 1. The van der Waals surface area contributed by atoms with E-state index in [0.717, 1.165) is 72.0 Å². The molecule has 1 saturated carbocycles. The Morgan fingerprint density at radius 2 is 2.06 bits per heavy atom. The van der Waals surface area contributed by atoms with Gasteiger partial charge in [0.1, 0.15) is 10.6 Å². The van der Waals surface area contributed by atoms with Crippen LogP contribution >= 0.6 is 11.3 Å². The Balaban J connectivity index is 1.29. The van der Waals surface area contributed by atoms with Gasteiger partial charge in [-0.1, -0.05) is 6.07 Å². The van der Waals surface area contributed by atoms with Crippen LogP contribution in [0.2, 0.25) is 0 Å². The van der Waals surface area contributed by atoms with Crippen molar-refractivity contribution in [1.82, 2.24) is 15.0 Å². The van der Waals surface area contributed by atoms with Gasteiger partial charge in [0.2, 0.25) is 11.8 Å². The summed E-state index contributed by atoms with van der Waals surface area (Å²) < 4.78 is 11.3. The van der Waals surface area contributed by atoms with Gasteiger partial charge >= 0.3 is 0 Å². The lowest BCUT2D eigenvalue weighted by molar-refractivity contribution is -0.0389. The highest BCUT2D eigenvalue weighted by Gasteiger charge is 2.39. The van der Waals surface area contributed by atoms with Crippen molar-refractivity contribution in [2.45, 2.75) is 44.6 Å². The third-order valence-electron chi connectivity index (χ3n) is 6.14. The number of thiazole rings is 1. The van der Waals surface area contributed by atoms with E-state index in [1.54, 1.807) is 23.6 Å². The van der Waals surface area contributed by atoms with Gasteiger partial charge in [0.05, 0.1) is 11.5 Å². The maximum atomic E-state index is 10.6. The summed E-state index contributed by atoms with van der Waals surface area (Å²) >= 11 is 1.57. The van der Waals surface area contributed by atoms with Crippen molar-refractivity contribution < 1.29 is 14.6 Å². The van der Waals surface area contributed by atoms with E-state index in [-0.39, 0.29) is 0 Å². The highest BCUT2D eigenvalue weighted by molar-refractivity contribution is 7.15. The predicted octanol–water partition coefficient (Wildman–Crippen LogP) is 4.83. The highest BCUT2D eigenvalue weighted by Crippen LogP contribution is 2.44. The maximum absolute atomic E-state index is 10.6. The lowest BCUT2D eigenvalue weighted by Gasteiger charge is -2.34. The predicted molar refractivity (Wildman–Crippen MR) is 124 cm³/mol. The number of nitrogens with one attached hydrogen (secondary N) is 1. The topological polar surface area (TPSA) is 89.4 Å². The molecule has 1 aliphatic carbocycles. The Morgan fingerprint density at radius 1 is 1.22 bits per heavy atom. The SMILES string of the molecule is Cc1cc(Nc2nccc(OCC3CCOCC3)n2)cc(-c2cnc(C3(O)CCC3)s2)c1. The summed E-state index contributed by atoms with van der Waals surface area (Å²) in [6.45, 7) is 4.32. The van der Waals surface area contributed by atoms with E-state index < -0.39 is 5.60 Å². The molecule has 32 heavy (non-hydrogen) atoms. The minimum atomic E-state index is -0.729. The zero-order valence-electron chi connectivity index (χ0n) is 18.2. The molecule has 1 aliphatic heterocycles. The molecular weight excluding hydrogens is 424 g/mol. The highest BCUT2D eigenvalue weighted by atomic mass is 32.1. The molecule has 8 heteroatoms. The Labute approximate surface area is 191 Å². The summed E-state index contributed by atoms with van der Waals surface area (Å²) in [5.41, 5.74) is 2.35. The first-order valence-corrected chi connectivity index (χ1v) is 12.0. The number of hydrogen-bond donors (Lipinski definition) is 2. The molecule has 1 aromatic carbocycles. The largest absolute Gasteiger partial charge is 0.477 e. The molecule has 1 saturated heterocycles. The summed E-state index contributed by atoms with van der Waals surface area (Å²) in [5.74, 6) is 1.58. The summed E-state index contributed by atoms with van der Waals surface area (Å²) in [6, 6.07) is 8.04. The first-order valence-electron chi connectivity index (χ1n) is 11.2. The Morgan fingerprint density at radius 3 is 2.84 bits per heavy atom. The molecule has 0 amide bonds. The minimum absolute atomic E-state index is 0.500. The third kappa shape index (κ3) is 4.77. The van der Waals surface area contributed by atoms with Crippen LogP contribution in [-0.4, -0.2) is 39.9 Å². The summed E-state index contributed by atoms with van der Waals surface area (Å²) in [5, 5.41) is 14.7. The number of ether oxygens (including phenoxy) is 2. The van der Waals surface area contributed by atoms with Gasteiger partial charge in [0.25, 0.3) is 0 Å². The molecule has 3 aromatic rings. The summed E-state index contributed by atoms with van der Waals surface area (Å²) in [7, 11) is 0. The minimum Gasteiger partial charge on any atom is -0.477 e. The van der Waals surface area contributed by atoms with Crippen LogP contribution in [0, 0.1) is 12.8 Å². The van der Waals surface area contributed by atoms with Crippen LogP contribution in [0.3, 0.4) is 0 Å². The number of aromatic nitrogens is 3. The molecule has 2 aromatic heterocycles. The number of hydrogen-bond acceptors (Lipinski definition) is 8. The average molecular weight is 453 g/mol. The number of benzene rings is 1. The number of nitrogens with zero attached hydrogens (tertiary/aromatic N) is 3. The Kier molecular flexibility index (Phi) is 6.08. The number of rotatable bonds is 7. The van der Waals surface area contributed by atoms with E-state index in [9.17, 15) is 5.11 Å². The average Bonchev–Trinajstić information content (AvgIpc) is 3.27. The fourth-order valence-electron chi connectivity index (χ4n) is 4.07. The van der Waals surface area contributed by atoms with Gasteiger partial charge in [0, 0.05) is 37.4 Å². The molecule has 7 nitrogen and oxygen atoms in total. The zero-order valence-corrected chi connectivity index (χ0v) is 19.0. The van der Waals surface area contributed by atoms with Crippen molar-refractivity contribution in [2.24, 2.45) is 5.92 Å². The second-order valence-electron chi connectivity index (χ2n) is 8.71. The van der Waals surface area contributed by atoms with Crippen LogP contribution in [0.15, 0.2) is 36.7 Å². The van der Waals surface area contributed by atoms with Gasteiger partial charge in [-0.25, -0.2) is 9.97 Å². The van der Waals surface area contributed by atoms with Gasteiger partial charge in [-0.05, 0) is 68.2 Å². The van der Waals surface area contributed by atoms with E-state index in [1.807, 2.05) is 6.20 Å². The van der Waals surface area contributed by atoms with Crippen molar-refractivity contribution in [3.8, 4) is 16.3 Å². The molecule has 2 fully saturated rings. The first kappa shape index (κ1) is 21.3. The summed E-state index contributed by atoms with van der Waals surface area (Å²) in [6.07, 6.45) is 8.27. The van der Waals surface area contributed by atoms with Crippen molar-refractivity contribution in [1.29, 1.82) is 0 Å². The normalized spacial score (nSPS) is 18.2. The van der Waals surface area contributed by atoms with Crippen molar-refractivity contribution >= 4 is 23.0 Å². The molecular formula is C24H28N4O3S. The van der Waals surface area contributed by atoms with Crippen LogP contribution in [0.5, 0.6) is 5.88 Å². The zero-order chi connectivity index (χ0) is 22.0. The van der Waals surface area contributed by atoms with E-state index in [2.05, 4.69) is 45.4 Å². The van der Waals surface area contributed by atoms with Crippen LogP contribution in [0.25, 0.3) is 10.4 Å². The molecule has 5 rings (SSSR count). The third-order valence-corrected chi connectivity index (χ3v) is 7.38. The Bertz CT molecular complexity index is 1080. The molecule has 0 bridgehead atoms. The fourth-order valence-corrected chi connectivity index (χ4v) is 5.12. The fraction of sp³-hybridized carbons (Fsp3) is 0.458. The van der Waals surface area contributed by atoms with Crippen molar-refractivity contribution in [3.63, 3.8) is 0 Å². The molecule has 168 valence electrons. The van der Waals surface area contributed by atoms with E-state index >= 15 is 0 Å². The molecule has 0 unspecified atom stereocenters. The smallest absolute Gasteiger partial charge is 0.230 e. The molecule has 0 atom stereocenters. The van der Waals surface area contributed by atoms with E-state index in [0.29, 0.717) is 24.4 Å². The molecule has 2 aliphatic rings. The van der Waals surface area contributed by atoms with Crippen LogP contribution in [0.1, 0.15) is 42.7 Å². The lowest BCUT2D eigenvalue weighted by atomic mass is 9.81. The number of anilines is 2. The van der Waals surface area contributed by atoms with Crippen molar-refractivity contribution in [2.75, 3.05) is 25.1 Å². The van der Waals surface area contributed by atoms with Crippen LogP contribution in [-0.2, 0) is 10.3 Å². The lowest BCUT2D eigenvalue weighted by Crippen LogP contribution is -2.33. The maximum Gasteiger partial charge on any atom is 0.230 e. The molecule has 2 N–H and O–H groups in total. The Hall–Kier alpha value is -2.55. The van der Waals surface area contributed by atoms with Gasteiger partial charge in [-0.2, -0.15) is 4.98 Å². The van der Waals surface area contributed by atoms with E-state index in [1.165, 1.54) is 0 Å². The molecule has 0 spiro atoms. The monoisotopic (exact) mass is 452 g/mol. The quantitative estimate of drug-likeness (QED) is 0.531. The second-order valence-corrected chi connectivity index (χ2v) is 9.74. The molecule has 3 heterocycles. The van der Waals surface area contributed by atoms with Crippen LogP contribution < -0.4 is 10.1 Å². The second kappa shape index (κ2) is 9.13. The standard InChI is InChI=1S/C24H28N4O3S/c1-16-11-18(20-14-26-22(32-20)24(29)6-2-7-24)13-19(12-16)27-23-25-8-3-21(28-23)31-15-17-4-9-30-10-5-17/h3,8,11-14,17,29H,2,4-7,9-10,15H2,1H3,(H,25,27,28). The summed E-state index contributed by atoms with van der Waals surface area (Å²) in [4.78, 5) is 14.4. The van der Waals surface area contributed by atoms with Gasteiger partial charge in [-0.15, -0.1) is 11.3 Å². The number of aryl methyl sites for hydroxylation is 1. The van der Waals surface area contributed by atoms with E-state index in [4.69, 9.17) is 9.47 Å². The van der Waals surface area contributed by atoms with Crippen LogP contribution in [0.4, 0.5) is 11.6 Å². The van der Waals surface area contributed by atoms with Crippen molar-refractivity contribution in [3.05, 3.63) is 47.2 Å². The van der Waals surface area contributed by atoms with Gasteiger partial charge in [-0.3, -0.25) is 0 Å². The first-order chi connectivity index (χ1) is 15.6.